The zero-order valence-electron chi connectivity index (χ0n) is 17.5. The summed E-state index contributed by atoms with van der Waals surface area (Å²) < 4.78 is 11.3. The van der Waals surface area contributed by atoms with E-state index in [1.165, 1.54) is 7.11 Å². The molecule has 1 aromatic heterocycles. The molecular formula is C24H19ClN4O3S. The van der Waals surface area contributed by atoms with E-state index in [1.54, 1.807) is 42.6 Å². The zero-order valence-corrected chi connectivity index (χ0v) is 19.0. The van der Waals surface area contributed by atoms with E-state index in [1.807, 2.05) is 30.3 Å². The fourth-order valence-electron chi connectivity index (χ4n) is 3.19. The summed E-state index contributed by atoms with van der Waals surface area (Å²) in [4.78, 5) is 16.1. The van der Waals surface area contributed by atoms with Gasteiger partial charge in [-0.25, -0.2) is 0 Å². The van der Waals surface area contributed by atoms with Gasteiger partial charge >= 0.3 is 0 Å². The molecule has 0 aliphatic rings. The number of halogens is 1. The molecule has 4 aromatic rings. The van der Waals surface area contributed by atoms with Crippen LogP contribution < -0.4 is 25.8 Å². The van der Waals surface area contributed by atoms with Crippen LogP contribution in [0, 0.1) is 0 Å². The van der Waals surface area contributed by atoms with Crippen LogP contribution in [0.5, 0.6) is 17.2 Å². The van der Waals surface area contributed by atoms with Gasteiger partial charge in [-0.3, -0.25) is 9.78 Å². The third kappa shape index (κ3) is 5.14. The molecule has 7 nitrogen and oxygen atoms in total. The topological polar surface area (TPSA) is 98.5 Å². The lowest BCUT2D eigenvalue weighted by Crippen LogP contribution is -2.19. The van der Waals surface area contributed by atoms with Gasteiger partial charge in [-0.2, -0.15) is 0 Å². The molecule has 0 fully saturated rings. The molecular weight excluding hydrogens is 460 g/mol. The van der Waals surface area contributed by atoms with Crippen LogP contribution >= 0.6 is 23.8 Å². The van der Waals surface area contributed by atoms with E-state index in [9.17, 15) is 4.79 Å². The summed E-state index contributed by atoms with van der Waals surface area (Å²) in [6.45, 7) is 0. The van der Waals surface area contributed by atoms with Crippen molar-refractivity contribution in [3.8, 4) is 17.2 Å². The van der Waals surface area contributed by atoms with Gasteiger partial charge in [0.05, 0.1) is 28.9 Å². The second-order valence-electron chi connectivity index (χ2n) is 6.93. The van der Waals surface area contributed by atoms with E-state index >= 15 is 0 Å². The Labute approximate surface area is 200 Å². The molecule has 0 unspecified atom stereocenters. The molecule has 0 spiro atoms. The number of primary amides is 1. The van der Waals surface area contributed by atoms with Gasteiger partial charge in [0.2, 0.25) is 0 Å². The Morgan fingerprint density at radius 3 is 2.52 bits per heavy atom. The summed E-state index contributed by atoms with van der Waals surface area (Å²) in [5.41, 5.74) is 7.80. The summed E-state index contributed by atoms with van der Waals surface area (Å²) in [7, 11) is 1.46. The summed E-state index contributed by atoms with van der Waals surface area (Å²) in [6, 6.07) is 19.7. The molecule has 4 N–H and O–H groups in total. The first-order valence-corrected chi connectivity index (χ1v) is 10.6. The number of thiocarbonyl (C=S) groups is 1. The number of carbonyl (C=O) groups is 1. The lowest BCUT2D eigenvalue weighted by atomic mass is 10.1. The first kappa shape index (κ1) is 22.3. The molecule has 1 heterocycles. The molecule has 9 heteroatoms. The minimum atomic E-state index is -0.609. The van der Waals surface area contributed by atoms with E-state index in [-0.39, 0.29) is 5.56 Å². The van der Waals surface area contributed by atoms with Crippen molar-refractivity contribution in [2.24, 2.45) is 5.73 Å². The first-order valence-electron chi connectivity index (χ1n) is 9.81. The van der Waals surface area contributed by atoms with Gasteiger partial charge in [0.1, 0.15) is 17.2 Å². The molecule has 0 aliphatic carbocycles. The number of para-hydroxylation sites is 1. The van der Waals surface area contributed by atoms with Crippen LogP contribution in [0.2, 0.25) is 5.02 Å². The van der Waals surface area contributed by atoms with Crippen molar-refractivity contribution in [1.29, 1.82) is 0 Å². The number of nitrogens with one attached hydrogen (secondary N) is 2. The zero-order chi connectivity index (χ0) is 23.4. The molecule has 4 rings (SSSR count). The van der Waals surface area contributed by atoms with Gasteiger partial charge in [0, 0.05) is 29.4 Å². The number of carbonyl (C=O) groups excluding carboxylic acids is 1. The van der Waals surface area contributed by atoms with E-state index in [0.29, 0.717) is 44.0 Å². The van der Waals surface area contributed by atoms with Gasteiger partial charge in [-0.05, 0) is 48.6 Å². The number of hydrogen-bond acceptors (Lipinski definition) is 5. The Morgan fingerprint density at radius 1 is 1.03 bits per heavy atom. The Bertz CT molecular complexity index is 1350. The summed E-state index contributed by atoms with van der Waals surface area (Å²) in [5.74, 6) is 0.722. The maximum Gasteiger partial charge on any atom is 0.252 e. The number of rotatable bonds is 6. The highest BCUT2D eigenvalue weighted by molar-refractivity contribution is 7.80. The molecule has 0 radical (unpaired) electrons. The Hall–Kier alpha value is -3.88. The standard InChI is InChI=1S/C24H19ClN4O3S/c1-31-22-13-20-16(12-17(22)23(26)30)21(9-10-27-20)32-15-7-8-19(18(25)11-15)29-24(33)28-14-5-3-2-4-6-14/h2-13H,1H3,(H2,26,30)(H2,28,29,33). The lowest BCUT2D eigenvalue weighted by molar-refractivity contribution is 0.0997. The van der Waals surface area contributed by atoms with Gasteiger partial charge in [-0.15, -0.1) is 0 Å². The number of hydrogen-bond donors (Lipinski definition) is 3. The Morgan fingerprint density at radius 2 is 1.82 bits per heavy atom. The normalized spacial score (nSPS) is 10.5. The Kier molecular flexibility index (Phi) is 6.58. The van der Waals surface area contributed by atoms with E-state index in [0.717, 1.165) is 5.69 Å². The van der Waals surface area contributed by atoms with E-state index in [2.05, 4.69) is 15.6 Å². The molecule has 0 atom stereocenters. The van der Waals surface area contributed by atoms with Gasteiger partial charge in [0.15, 0.2) is 5.11 Å². The average Bonchev–Trinajstić information content (AvgIpc) is 2.80. The highest BCUT2D eigenvalue weighted by Gasteiger charge is 2.15. The third-order valence-corrected chi connectivity index (χ3v) is 5.25. The minimum Gasteiger partial charge on any atom is -0.496 e. The number of amides is 1. The number of benzene rings is 3. The van der Waals surface area contributed by atoms with Crippen molar-refractivity contribution in [3.05, 3.63) is 83.5 Å². The molecule has 0 bridgehead atoms. The third-order valence-electron chi connectivity index (χ3n) is 4.74. The molecule has 166 valence electrons. The number of methoxy groups -OCH3 is 1. The molecule has 0 aliphatic heterocycles. The highest BCUT2D eigenvalue weighted by Crippen LogP contribution is 2.35. The molecule has 1 amide bonds. The van der Waals surface area contributed by atoms with Crippen LogP contribution in [0.15, 0.2) is 72.9 Å². The highest BCUT2D eigenvalue weighted by atomic mass is 35.5. The summed E-state index contributed by atoms with van der Waals surface area (Å²) >= 11 is 11.8. The number of nitrogens with zero attached hydrogens (tertiary/aromatic N) is 1. The fraction of sp³-hybridized carbons (Fsp3) is 0.0417. The Balaban J connectivity index is 1.56. The minimum absolute atomic E-state index is 0.236. The van der Waals surface area contributed by atoms with Gasteiger partial charge in [0.25, 0.3) is 5.91 Å². The van der Waals surface area contributed by atoms with Gasteiger partial charge < -0.3 is 25.8 Å². The monoisotopic (exact) mass is 478 g/mol. The van der Waals surface area contributed by atoms with Crippen molar-refractivity contribution in [2.45, 2.75) is 0 Å². The van der Waals surface area contributed by atoms with Crippen molar-refractivity contribution >= 4 is 57.1 Å². The molecule has 33 heavy (non-hydrogen) atoms. The van der Waals surface area contributed by atoms with Gasteiger partial charge in [-0.1, -0.05) is 29.8 Å². The van der Waals surface area contributed by atoms with Crippen LogP contribution in [-0.4, -0.2) is 23.1 Å². The SMILES string of the molecule is COc1cc2nccc(Oc3ccc(NC(=S)Nc4ccccc4)c(Cl)c3)c2cc1C(N)=O. The largest absolute Gasteiger partial charge is 0.496 e. The smallest absolute Gasteiger partial charge is 0.252 e. The maximum atomic E-state index is 11.8. The second-order valence-corrected chi connectivity index (χ2v) is 7.75. The quantitative estimate of drug-likeness (QED) is 0.310. The number of nitrogens with two attached hydrogens (primary N) is 1. The number of aromatic nitrogens is 1. The van der Waals surface area contributed by atoms with Crippen molar-refractivity contribution in [1.82, 2.24) is 4.98 Å². The predicted octanol–water partition coefficient (Wildman–Crippen LogP) is 5.60. The first-order chi connectivity index (χ1) is 15.9. The number of ether oxygens (including phenoxy) is 2. The van der Waals surface area contributed by atoms with Crippen LogP contribution in [0.25, 0.3) is 10.9 Å². The van der Waals surface area contributed by atoms with Crippen LogP contribution in [-0.2, 0) is 0 Å². The predicted molar refractivity (Wildman–Crippen MR) is 135 cm³/mol. The molecule has 0 saturated heterocycles. The van der Waals surface area contributed by atoms with Crippen LogP contribution in [0.1, 0.15) is 10.4 Å². The average molecular weight is 479 g/mol. The van der Waals surface area contributed by atoms with E-state index < -0.39 is 5.91 Å². The van der Waals surface area contributed by atoms with Crippen molar-refractivity contribution < 1.29 is 14.3 Å². The summed E-state index contributed by atoms with van der Waals surface area (Å²) in [5, 5.41) is 7.60. The summed E-state index contributed by atoms with van der Waals surface area (Å²) in [6.07, 6.45) is 1.60. The van der Waals surface area contributed by atoms with Crippen LogP contribution in [0.4, 0.5) is 11.4 Å². The molecule has 3 aromatic carbocycles. The number of pyridine rings is 1. The van der Waals surface area contributed by atoms with Crippen LogP contribution in [0.3, 0.4) is 0 Å². The lowest BCUT2D eigenvalue weighted by Gasteiger charge is -2.14. The number of fused-ring (bicyclic) bond motifs is 1. The number of anilines is 2. The maximum absolute atomic E-state index is 11.8. The van der Waals surface area contributed by atoms with E-state index in [4.69, 9.17) is 39.0 Å². The van der Waals surface area contributed by atoms with Crippen molar-refractivity contribution in [3.63, 3.8) is 0 Å². The fourth-order valence-corrected chi connectivity index (χ4v) is 3.64. The molecule has 0 saturated carbocycles. The second kappa shape index (κ2) is 9.72. The van der Waals surface area contributed by atoms with Crippen molar-refractivity contribution in [2.75, 3.05) is 17.7 Å².